The van der Waals surface area contributed by atoms with Gasteiger partial charge in [-0.15, -0.1) is 24.8 Å². The number of hydrogen-bond donors (Lipinski definition) is 3. The van der Waals surface area contributed by atoms with Gasteiger partial charge in [-0.05, 0) is 0 Å². The molecular weight excluding hydrogens is 271 g/mol. The summed E-state index contributed by atoms with van der Waals surface area (Å²) < 4.78 is 0. The molecule has 0 unspecified atom stereocenters. The maximum atomic E-state index is 5.71. The van der Waals surface area contributed by atoms with E-state index in [1.807, 2.05) is 0 Å². The van der Waals surface area contributed by atoms with E-state index >= 15 is 0 Å². The van der Waals surface area contributed by atoms with Gasteiger partial charge in [0.05, 0.1) is 6.33 Å². The van der Waals surface area contributed by atoms with Gasteiger partial charge < -0.3 is 16.5 Å². The smallest absolute Gasteiger partial charge is 0.191 e. The molecule has 90 valence electrons. The molecule has 2 rings (SSSR count). The zero-order chi connectivity index (χ0) is 9.97. The number of nitrogens with two attached hydrogens (primary N) is 2. The van der Waals surface area contributed by atoms with Gasteiger partial charge >= 0.3 is 0 Å². The standard InChI is InChI=1S/C7H10N6S.2ClH/c8-1-2-14-7-12-5(9)4-6(13-7)11-3-10-4;;/h3H,1-2,8H2,(H3,9,10,11,12,13);2*1H. The summed E-state index contributed by atoms with van der Waals surface area (Å²) in [7, 11) is 0. The van der Waals surface area contributed by atoms with Crippen LogP contribution >= 0.6 is 36.6 Å². The minimum Gasteiger partial charge on any atom is -0.382 e. The first-order valence-corrected chi connectivity index (χ1v) is 5.09. The van der Waals surface area contributed by atoms with Crippen LogP contribution in [0.3, 0.4) is 0 Å². The molecule has 2 aromatic rings. The van der Waals surface area contributed by atoms with E-state index in [0.717, 1.165) is 5.75 Å². The Hall–Kier alpha value is -0.760. The molecule has 0 aromatic carbocycles. The quantitative estimate of drug-likeness (QED) is 0.569. The van der Waals surface area contributed by atoms with Crippen molar-refractivity contribution in [1.29, 1.82) is 0 Å². The second-order valence-corrected chi connectivity index (χ2v) is 3.69. The molecule has 0 aliphatic rings. The highest BCUT2D eigenvalue weighted by atomic mass is 35.5. The van der Waals surface area contributed by atoms with Crippen molar-refractivity contribution in [3.8, 4) is 0 Å². The maximum Gasteiger partial charge on any atom is 0.191 e. The maximum absolute atomic E-state index is 5.71. The van der Waals surface area contributed by atoms with Crippen LogP contribution in [0.1, 0.15) is 0 Å². The zero-order valence-corrected chi connectivity index (χ0v) is 10.7. The highest BCUT2D eigenvalue weighted by Crippen LogP contribution is 2.18. The SMILES string of the molecule is Cl.Cl.NCCSc1nc(N)c2[nH]cnc2n1. The van der Waals surface area contributed by atoms with Gasteiger partial charge in [-0.1, -0.05) is 11.8 Å². The molecule has 9 heteroatoms. The Morgan fingerprint density at radius 2 is 2.06 bits per heavy atom. The van der Waals surface area contributed by atoms with E-state index in [0.29, 0.717) is 28.7 Å². The van der Waals surface area contributed by atoms with Crippen LogP contribution in [-0.2, 0) is 0 Å². The highest BCUT2D eigenvalue weighted by Gasteiger charge is 2.06. The third kappa shape index (κ3) is 3.11. The molecule has 0 aliphatic carbocycles. The number of imidazole rings is 1. The Labute approximate surface area is 109 Å². The van der Waals surface area contributed by atoms with Crippen LogP contribution in [0.4, 0.5) is 5.82 Å². The van der Waals surface area contributed by atoms with Crippen LogP contribution < -0.4 is 11.5 Å². The van der Waals surface area contributed by atoms with E-state index < -0.39 is 0 Å². The summed E-state index contributed by atoms with van der Waals surface area (Å²) in [6, 6.07) is 0. The number of aromatic amines is 1. The van der Waals surface area contributed by atoms with E-state index in [9.17, 15) is 0 Å². The van der Waals surface area contributed by atoms with Crippen LogP contribution in [0, 0.1) is 0 Å². The molecule has 0 saturated carbocycles. The number of H-pyrrole nitrogens is 1. The van der Waals surface area contributed by atoms with Gasteiger partial charge in [0.1, 0.15) is 5.52 Å². The summed E-state index contributed by atoms with van der Waals surface area (Å²) in [4.78, 5) is 15.2. The Morgan fingerprint density at radius 1 is 1.31 bits per heavy atom. The molecule has 0 amide bonds. The van der Waals surface area contributed by atoms with Crippen LogP contribution in [0.15, 0.2) is 11.5 Å². The molecule has 0 aliphatic heterocycles. The van der Waals surface area contributed by atoms with Gasteiger partial charge in [-0.2, -0.15) is 0 Å². The van der Waals surface area contributed by atoms with E-state index in [1.54, 1.807) is 6.33 Å². The lowest BCUT2D eigenvalue weighted by Crippen LogP contribution is -2.03. The van der Waals surface area contributed by atoms with E-state index in [4.69, 9.17) is 11.5 Å². The number of hydrogen-bond acceptors (Lipinski definition) is 6. The molecule has 2 aromatic heterocycles. The average Bonchev–Trinajstić information content (AvgIpc) is 2.63. The number of nitrogens with one attached hydrogen (secondary N) is 1. The number of nitrogen functional groups attached to an aromatic ring is 1. The summed E-state index contributed by atoms with van der Waals surface area (Å²) in [6.07, 6.45) is 1.55. The lowest BCUT2D eigenvalue weighted by Gasteiger charge is -1.99. The average molecular weight is 283 g/mol. The molecule has 0 saturated heterocycles. The van der Waals surface area contributed by atoms with Crippen LogP contribution in [0.2, 0.25) is 0 Å². The predicted octanol–water partition coefficient (Wildman–Crippen LogP) is 0.830. The fraction of sp³-hybridized carbons (Fsp3) is 0.286. The number of halogens is 2. The van der Waals surface area contributed by atoms with Crippen LogP contribution in [-0.4, -0.2) is 32.2 Å². The summed E-state index contributed by atoms with van der Waals surface area (Å²) >= 11 is 1.47. The van der Waals surface area contributed by atoms with Crippen molar-refractivity contribution in [2.24, 2.45) is 5.73 Å². The normalized spacial score (nSPS) is 9.56. The number of fused-ring (bicyclic) bond motifs is 1. The topological polar surface area (TPSA) is 106 Å². The van der Waals surface area contributed by atoms with Crippen LogP contribution in [0.25, 0.3) is 11.2 Å². The first-order valence-electron chi connectivity index (χ1n) is 4.10. The van der Waals surface area contributed by atoms with Crippen molar-refractivity contribution < 1.29 is 0 Å². The highest BCUT2D eigenvalue weighted by molar-refractivity contribution is 7.99. The summed E-state index contributed by atoms with van der Waals surface area (Å²) in [6.45, 7) is 0.590. The minimum absolute atomic E-state index is 0. The number of rotatable bonds is 3. The third-order valence-corrected chi connectivity index (χ3v) is 2.52. The Morgan fingerprint density at radius 3 is 2.75 bits per heavy atom. The predicted molar refractivity (Wildman–Crippen MR) is 70.4 cm³/mol. The van der Waals surface area contributed by atoms with E-state index in [1.165, 1.54) is 11.8 Å². The number of anilines is 1. The molecule has 0 fully saturated rings. The summed E-state index contributed by atoms with van der Waals surface area (Å²) in [5.41, 5.74) is 12.4. The van der Waals surface area contributed by atoms with Crippen LogP contribution in [0.5, 0.6) is 0 Å². The second-order valence-electron chi connectivity index (χ2n) is 2.63. The molecule has 16 heavy (non-hydrogen) atoms. The third-order valence-electron chi connectivity index (χ3n) is 1.64. The Balaban J connectivity index is 0.00000112. The summed E-state index contributed by atoms with van der Waals surface area (Å²) in [5.74, 6) is 1.20. The molecule has 5 N–H and O–H groups in total. The van der Waals surface area contributed by atoms with Gasteiger partial charge in [0.2, 0.25) is 0 Å². The first kappa shape index (κ1) is 15.2. The van der Waals surface area contributed by atoms with Gasteiger partial charge in [-0.25, -0.2) is 15.0 Å². The van der Waals surface area contributed by atoms with Gasteiger partial charge in [0, 0.05) is 12.3 Å². The Kier molecular flexibility index (Phi) is 6.42. The second kappa shape index (κ2) is 6.74. The molecule has 0 bridgehead atoms. The molecule has 0 radical (unpaired) electrons. The fourth-order valence-corrected chi connectivity index (χ4v) is 1.66. The van der Waals surface area contributed by atoms with Crippen molar-refractivity contribution in [3.05, 3.63) is 6.33 Å². The monoisotopic (exact) mass is 282 g/mol. The van der Waals surface area contributed by atoms with Crippen molar-refractivity contribution in [2.45, 2.75) is 5.16 Å². The minimum atomic E-state index is 0. The van der Waals surface area contributed by atoms with Gasteiger partial charge in [0.15, 0.2) is 16.6 Å². The molecule has 2 heterocycles. The van der Waals surface area contributed by atoms with Crippen molar-refractivity contribution in [3.63, 3.8) is 0 Å². The number of nitrogens with zero attached hydrogens (tertiary/aromatic N) is 3. The van der Waals surface area contributed by atoms with Gasteiger partial charge in [0.25, 0.3) is 0 Å². The fourth-order valence-electron chi connectivity index (χ4n) is 1.05. The van der Waals surface area contributed by atoms with Crippen molar-refractivity contribution >= 4 is 53.6 Å². The summed E-state index contributed by atoms with van der Waals surface area (Å²) in [5, 5.41) is 0.618. The molecule has 6 nitrogen and oxygen atoms in total. The lowest BCUT2D eigenvalue weighted by molar-refractivity contribution is 0.997. The largest absolute Gasteiger partial charge is 0.382 e. The molecular formula is C7H12Cl2N6S. The van der Waals surface area contributed by atoms with Crippen molar-refractivity contribution in [1.82, 2.24) is 19.9 Å². The van der Waals surface area contributed by atoms with E-state index in [2.05, 4.69) is 19.9 Å². The van der Waals surface area contributed by atoms with Crippen molar-refractivity contribution in [2.75, 3.05) is 18.0 Å². The first-order chi connectivity index (χ1) is 6.81. The zero-order valence-electron chi connectivity index (χ0n) is 8.21. The number of thioether (sulfide) groups is 1. The number of aromatic nitrogens is 4. The molecule has 0 atom stereocenters. The Bertz CT molecular complexity index is 447. The van der Waals surface area contributed by atoms with Gasteiger partial charge in [-0.3, -0.25) is 0 Å². The molecule has 0 spiro atoms. The lowest BCUT2D eigenvalue weighted by atomic mass is 10.5. The van der Waals surface area contributed by atoms with E-state index in [-0.39, 0.29) is 24.8 Å².